The van der Waals surface area contributed by atoms with Crippen molar-refractivity contribution >= 4 is 0 Å². The van der Waals surface area contributed by atoms with E-state index in [2.05, 4.69) is 25.7 Å². The van der Waals surface area contributed by atoms with E-state index in [1.165, 1.54) is 12.8 Å². The van der Waals surface area contributed by atoms with Crippen molar-refractivity contribution in [3.63, 3.8) is 0 Å². The first-order valence-corrected chi connectivity index (χ1v) is 4.77. The Morgan fingerprint density at radius 1 is 1.42 bits per heavy atom. The normalized spacial score (nSPS) is 10.6. The minimum absolute atomic E-state index is 0.650. The van der Waals surface area contributed by atoms with E-state index in [-0.39, 0.29) is 0 Å². The van der Waals surface area contributed by atoms with Gasteiger partial charge in [0.05, 0.1) is 13.2 Å². The maximum Gasteiger partial charge on any atom is 0.0645 e. The number of nitrogens with one attached hydrogen (secondary N) is 1. The van der Waals surface area contributed by atoms with E-state index in [4.69, 9.17) is 4.74 Å². The number of hydrogen-bond acceptors (Lipinski definition) is 2. The van der Waals surface area contributed by atoms with E-state index < -0.39 is 0 Å². The minimum atomic E-state index is 0.650. The van der Waals surface area contributed by atoms with Gasteiger partial charge in [-0.1, -0.05) is 19.9 Å². The standard InChI is InChI=1S/C10H21NO/c1-4-8-12-9-7-11-10(5-2)6-3/h4,10-11H,1,5-9H2,2-3H3. The van der Waals surface area contributed by atoms with Crippen LogP contribution < -0.4 is 5.32 Å². The monoisotopic (exact) mass is 171 g/mol. The van der Waals surface area contributed by atoms with Gasteiger partial charge in [-0.25, -0.2) is 0 Å². The van der Waals surface area contributed by atoms with Gasteiger partial charge in [0.1, 0.15) is 0 Å². The maximum absolute atomic E-state index is 5.24. The molecule has 0 fully saturated rings. The molecule has 0 aromatic heterocycles. The Hall–Kier alpha value is -0.340. The van der Waals surface area contributed by atoms with Crippen LogP contribution in [-0.2, 0) is 4.74 Å². The summed E-state index contributed by atoms with van der Waals surface area (Å²) in [4.78, 5) is 0. The van der Waals surface area contributed by atoms with Gasteiger partial charge in [0.15, 0.2) is 0 Å². The lowest BCUT2D eigenvalue weighted by Crippen LogP contribution is -2.30. The molecular formula is C10H21NO. The van der Waals surface area contributed by atoms with Gasteiger partial charge in [0.2, 0.25) is 0 Å². The lowest BCUT2D eigenvalue weighted by atomic mass is 10.2. The highest BCUT2D eigenvalue weighted by molar-refractivity contribution is 4.65. The highest BCUT2D eigenvalue weighted by atomic mass is 16.5. The molecule has 0 aromatic rings. The molecule has 1 N–H and O–H groups in total. The van der Waals surface area contributed by atoms with Crippen molar-refractivity contribution in [1.82, 2.24) is 5.32 Å². The van der Waals surface area contributed by atoms with Crippen LogP contribution >= 0.6 is 0 Å². The minimum Gasteiger partial charge on any atom is -0.376 e. The van der Waals surface area contributed by atoms with Crippen LogP contribution in [0.25, 0.3) is 0 Å². The smallest absolute Gasteiger partial charge is 0.0645 e. The molecule has 0 heterocycles. The largest absolute Gasteiger partial charge is 0.376 e. The van der Waals surface area contributed by atoms with Crippen molar-refractivity contribution in [1.29, 1.82) is 0 Å². The Bertz CT molecular complexity index is 100. The molecule has 0 bridgehead atoms. The third-order valence-corrected chi connectivity index (χ3v) is 1.90. The zero-order valence-corrected chi connectivity index (χ0v) is 8.31. The molecule has 0 radical (unpaired) electrons. The molecule has 2 nitrogen and oxygen atoms in total. The first-order chi connectivity index (χ1) is 5.85. The summed E-state index contributed by atoms with van der Waals surface area (Å²) in [6, 6.07) is 0.650. The molecule has 0 saturated heterocycles. The summed E-state index contributed by atoms with van der Waals surface area (Å²) in [5.41, 5.74) is 0. The molecule has 0 aliphatic heterocycles. The Balaban J connectivity index is 3.11. The van der Waals surface area contributed by atoms with Crippen LogP contribution in [0.1, 0.15) is 26.7 Å². The lowest BCUT2D eigenvalue weighted by molar-refractivity contribution is 0.160. The summed E-state index contributed by atoms with van der Waals surface area (Å²) in [5, 5.41) is 3.42. The molecule has 12 heavy (non-hydrogen) atoms. The van der Waals surface area contributed by atoms with Gasteiger partial charge in [0.25, 0.3) is 0 Å². The molecule has 0 aromatic carbocycles. The second-order valence-electron chi connectivity index (χ2n) is 2.83. The van der Waals surface area contributed by atoms with E-state index in [0.29, 0.717) is 12.6 Å². The summed E-state index contributed by atoms with van der Waals surface area (Å²) in [5.74, 6) is 0. The van der Waals surface area contributed by atoms with E-state index in [0.717, 1.165) is 13.2 Å². The van der Waals surface area contributed by atoms with Crippen molar-refractivity contribution in [3.8, 4) is 0 Å². The van der Waals surface area contributed by atoms with E-state index in [9.17, 15) is 0 Å². The van der Waals surface area contributed by atoms with Crippen molar-refractivity contribution in [3.05, 3.63) is 12.7 Å². The van der Waals surface area contributed by atoms with E-state index >= 15 is 0 Å². The molecule has 0 atom stereocenters. The first-order valence-electron chi connectivity index (χ1n) is 4.77. The second kappa shape index (κ2) is 8.75. The summed E-state index contributed by atoms with van der Waals surface area (Å²) in [6.45, 7) is 10.4. The fraction of sp³-hybridized carbons (Fsp3) is 0.800. The quantitative estimate of drug-likeness (QED) is 0.445. The van der Waals surface area contributed by atoms with Crippen LogP contribution in [0.4, 0.5) is 0 Å². The molecule has 0 rings (SSSR count). The third kappa shape index (κ3) is 6.38. The molecule has 0 amide bonds. The Kier molecular flexibility index (Phi) is 8.51. The van der Waals surface area contributed by atoms with Gasteiger partial charge in [-0.15, -0.1) is 6.58 Å². The van der Waals surface area contributed by atoms with Crippen LogP contribution in [0.5, 0.6) is 0 Å². The number of hydrogen-bond donors (Lipinski definition) is 1. The average molecular weight is 171 g/mol. The van der Waals surface area contributed by atoms with Crippen molar-refractivity contribution < 1.29 is 4.74 Å². The van der Waals surface area contributed by atoms with Crippen LogP contribution in [0.3, 0.4) is 0 Å². The highest BCUT2D eigenvalue weighted by Crippen LogP contribution is 1.94. The topological polar surface area (TPSA) is 21.3 Å². The predicted molar refractivity (Wildman–Crippen MR) is 53.4 cm³/mol. The zero-order valence-electron chi connectivity index (χ0n) is 8.31. The van der Waals surface area contributed by atoms with Crippen molar-refractivity contribution in [2.45, 2.75) is 32.7 Å². The van der Waals surface area contributed by atoms with Crippen molar-refractivity contribution in [2.24, 2.45) is 0 Å². The molecule has 0 spiro atoms. The summed E-state index contributed by atoms with van der Waals surface area (Å²) >= 11 is 0. The molecule has 0 saturated carbocycles. The van der Waals surface area contributed by atoms with Gasteiger partial charge >= 0.3 is 0 Å². The Morgan fingerprint density at radius 3 is 2.58 bits per heavy atom. The van der Waals surface area contributed by atoms with E-state index in [1.54, 1.807) is 6.08 Å². The number of ether oxygens (including phenoxy) is 1. The Labute approximate surface area is 76.0 Å². The molecule has 0 aliphatic carbocycles. The van der Waals surface area contributed by atoms with Crippen molar-refractivity contribution in [2.75, 3.05) is 19.8 Å². The predicted octanol–water partition coefficient (Wildman–Crippen LogP) is 1.97. The lowest BCUT2D eigenvalue weighted by Gasteiger charge is -2.13. The average Bonchev–Trinajstić information content (AvgIpc) is 2.11. The van der Waals surface area contributed by atoms with Gasteiger partial charge in [0, 0.05) is 12.6 Å². The molecule has 72 valence electrons. The molecule has 0 aliphatic rings. The third-order valence-electron chi connectivity index (χ3n) is 1.90. The van der Waals surface area contributed by atoms with Crippen LogP contribution in [-0.4, -0.2) is 25.8 Å². The highest BCUT2D eigenvalue weighted by Gasteiger charge is 1.99. The summed E-state index contributed by atoms with van der Waals surface area (Å²) in [6.07, 6.45) is 4.16. The van der Waals surface area contributed by atoms with Gasteiger partial charge in [-0.05, 0) is 12.8 Å². The summed E-state index contributed by atoms with van der Waals surface area (Å²) in [7, 11) is 0. The van der Waals surface area contributed by atoms with Crippen LogP contribution in [0.15, 0.2) is 12.7 Å². The van der Waals surface area contributed by atoms with Crippen LogP contribution in [0, 0.1) is 0 Å². The zero-order chi connectivity index (χ0) is 9.23. The molecule has 0 unspecified atom stereocenters. The Morgan fingerprint density at radius 2 is 2.08 bits per heavy atom. The van der Waals surface area contributed by atoms with Gasteiger partial charge in [-0.2, -0.15) is 0 Å². The number of rotatable bonds is 8. The SMILES string of the molecule is C=CCOCCNC(CC)CC. The van der Waals surface area contributed by atoms with E-state index in [1.807, 2.05) is 0 Å². The first kappa shape index (κ1) is 11.7. The maximum atomic E-state index is 5.24. The van der Waals surface area contributed by atoms with Gasteiger partial charge in [-0.3, -0.25) is 0 Å². The second-order valence-corrected chi connectivity index (χ2v) is 2.83. The van der Waals surface area contributed by atoms with Crippen LogP contribution in [0.2, 0.25) is 0 Å². The molecular weight excluding hydrogens is 150 g/mol. The molecule has 2 heteroatoms. The summed E-state index contributed by atoms with van der Waals surface area (Å²) < 4.78 is 5.24. The van der Waals surface area contributed by atoms with Gasteiger partial charge < -0.3 is 10.1 Å². The fourth-order valence-corrected chi connectivity index (χ4v) is 1.08. The fourth-order valence-electron chi connectivity index (χ4n) is 1.08.